The molecule has 0 saturated heterocycles. The number of aromatic amines is 1. The summed E-state index contributed by atoms with van der Waals surface area (Å²) in [5, 5.41) is 7.69. The van der Waals surface area contributed by atoms with E-state index in [4.69, 9.17) is 0 Å². The highest BCUT2D eigenvalue weighted by molar-refractivity contribution is 5.98. The highest BCUT2D eigenvalue weighted by Gasteiger charge is 2.54. The first-order valence-electron chi connectivity index (χ1n) is 16.9. The fourth-order valence-electron chi connectivity index (χ4n) is 10.5. The lowest BCUT2D eigenvalue weighted by Crippen LogP contribution is -2.51. The number of H-pyrrole nitrogens is 1. The van der Waals surface area contributed by atoms with Gasteiger partial charge in [0.1, 0.15) is 0 Å². The van der Waals surface area contributed by atoms with E-state index in [-0.39, 0.29) is 22.6 Å². The van der Waals surface area contributed by atoms with Gasteiger partial charge in [0.15, 0.2) is 0 Å². The average Bonchev–Trinajstić information content (AvgIpc) is 3.35. The third kappa shape index (κ3) is 5.53. The van der Waals surface area contributed by atoms with E-state index in [0.29, 0.717) is 17.8 Å². The fourth-order valence-corrected chi connectivity index (χ4v) is 10.5. The largest absolute Gasteiger partial charge is 0.355 e. The molecule has 3 N–H and O–H groups in total. The van der Waals surface area contributed by atoms with Gasteiger partial charge in [0, 0.05) is 28.0 Å². The number of amides is 2. The standard InChI is InChI=1S/C38H49N3O2/c1-23(2)17-37(18-24(3)11-25(4)19-37)35(42)40-32-9-10-33-30(15-32)16-34(41-33)29-5-7-31(8-6-29)39-36(43)38-20-26-12-27(21-38)14-28(13-26)22-38/h5-10,15-16,23-28,41H,11-14,17-22H2,1-4H3,(H,39,43)(H,40,42). The summed E-state index contributed by atoms with van der Waals surface area (Å²) in [6, 6.07) is 16.6. The Morgan fingerprint density at radius 3 is 1.95 bits per heavy atom. The quantitative estimate of drug-likeness (QED) is 0.261. The maximum atomic E-state index is 13.8. The Morgan fingerprint density at radius 1 is 0.767 bits per heavy atom. The SMILES string of the molecule is CC(C)CC1(C(=O)Nc2ccc3[nH]c(-c4ccc(NC(=O)C56CC7CC(CC(C7)C5)C6)cc4)cc3c2)CC(C)CC(C)C1. The zero-order valence-corrected chi connectivity index (χ0v) is 26.5. The molecule has 5 aliphatic rings. The molecular weight excluding hydrogens is 530 g/mol. The number of benzene rings is 2. The molecule has 5 nitrogen and oxygen atoms in total. The number of hydrogen-bond donors (Lipinski definition) is 3. The molecular formula is C38H49N3O2. The number of fused-ring (bicyclic) bond motifs is 1. The second-order valence-electron chi connectivity index (χ2n) is 15.9. The van der Waals surface area contributed by atoms with Crippen molar-refractivity contribution >= 4 is 34.1 Å². The lowest BCUT2D eigenvalue weighted by atomic mass is 9.49. The van der Waals surface area contributed by atoms with Gasteiger partial charge in [-0.25, -0.2) is 0 Å². The maximum Gasteiger partial charge on any atom is 0.230 e. The summed E-state index contributed by atoms with van der Waals surface area (Å²) in [5.41, 5.74) is 4.46. The third-order valence-electron chi connectivity index (χ3n) is 11.4. The van der Waals surface area contributed by atoms with Crippen LogP contribution in [-0.2, 0) is 9.59 Å². The highest BCUT2D eigenvalue weighted by Crippen LogP contribution is 2.60. The number of carbonyl (C=O) groups is 2. The normalized spacial score (nSPS) is 33.2. The molecule has 3 aromatic rings. The minimum absolute atomic E-state index is 0.139. The molecule has 2 aromatic carbocycles. The molecule has 0 spiro atoms. The van der Waals surface area contributed by atoms with E-state index in [1.165, 1.54) is 25.7 Å². The Balaban J connectivity index is 1.04. The van der Waals surface area contributed by atoms with Crippen LogP contribution in [0.4, 0.5) is 11.4 Å². The van der Waals surface area contributed by atoms with Crippen molar-refractivity contribution in [2.24, 2.45) is 46.3 Å². The van der Waals surface area contributed by atoms with E-state index in [1.54, 1.807) is 0 Å². The van der Waals surface area contributed by atoms with Crippen molar-refractivity contribution in [3.8, 4) is 11.3 Å². The summed E-state index contributed by atoms with van der Waals surface area (Å²) in [4.78, 5) is 30.9. The van der Waals surface area contributed by atoms with E-state index >= 15 is 0 Å². The molecule has 2 amide bonds. The van der Waals surface area contributed by atoms with Gasteiger partial charge in [-0.15, -0.1) is 0 Å². The molecule has 5 fully saturated rings. The monoisotopic (exact) mass is 579 g/mol. The second kappa shape index (κ2) is 10.8. The van der Waals surface area contributed by atoms with Gasteiger partial charge in [0.25, 0.3) is 0 Å². The molecule has 43 heavy (non-hydrogen) atoms. The van der Waals surface area contributed by atoms with Crippen LogP contribution < -0.4 is 10.6 Å². The van der Waals surface area contributed by atoms with Gasteiger partial charge in [-0.2, -0.15) is 0 Å². The van der Waals surface area contributed by atoms with Gasteiger partial charge in [-0.05, 0) is 142 Å². The van der Waals surface area contributed by atoms with E-state index in [0.717, 1.165) is 89.8 Å². The van der Waals surface area contributed by atoms with E-state index in [1.807, 2.05) is 18.2 Å². The molecule has 2 unspecified atom stereocenters. The Bertz CT molecular complexity index is 1460. The van der Waals surface area contributed by atoms with Crippen LogP contribution in [-0.4, -0.2) is 16.8 Å². The topological polar surface area (TPSA) is 74.0 Å². The summed E-state index contributed by atoms with van der Waals surface area (Å²) >= 11 is 0. The summed E-state index contributed by atoms with van der Waals surface area (Å²) in [7, 11) is 0. The molecule has 5 saturated carbocycles. The van der Waals surface area contributed by atoms with Crippen molar-refractivity contribution in [1.82, 2.24) is 4.98 Å². The van der Waals surface area contributed by atoms with E-state index in [9.17, 15) is 9.59 Å². The van der Waals surface area contributed by atoms with Crippen LogP contribution in [0.1, 0.15) is 91.9 Å². The third-order valence-corrected chi connectivity index (χ3v) is 11.4. The Labute approximate surface area is 257 Å². The van der Waals surface area contributed by atoms with Gasteiger partial charge >= 0.3 is 0 Å². The molecule has 1 heterocycles. The average molecular weight is 580 g/mol. The zero-order valence-electron chi connectivity index (χ0n) is 26.5. The van der Waals surface area contributed by atoms with Gasteiger partial charge in [-0.3, -0.25) is 9.59 Å². The van der Waals surface area contributed by atoms with Crippen LogP contribution in [0, 0.1) is 46.3 Å². The van der Waals surface area contributed by atoms with Crippen LogP contribution >= 0.6 is 0 Å². The molecule has 0 aliphatic heterocycles. The van der Waals surface area contributed by atoms with Crippen molar-refractivity contribution in [1.29, 1.82) is 0 Å². The van der Waals surface area contributed by atoms with Gasteiger partial charge in [-0.1, -0.05) is 39.8 Å². The maximum absolute atomic E-state index is 13.8. The number of aromatic nitrogens is 1. The Hall–Kier alpha value is -3.08. The van der Waals surface area contributed by atoms with Gasteiger partial charge in [0.05, 0.1) is 10.8 Å². The molecule has 5 heteroatoms. The first kappa shape index (κ1) is 28.7. The zero-order chi connectivity index (χ0) is 29.9. The summed E-state index contributed by atoms with van der Waals surface area (Å²) < 4.78 is 0. The van der Waals surface area contributed by atoms with Crippen LogP contribution in [0.3, 0.4) is 0 Å². The lowest BCUT2D eigenvalue weighted by molar-refractivity contribution is -0.140. The summed E-state index contributed by atoms with van der Waals surface area (Å²) in [6.45, 7) is 9.07. The Kier molecular flexibility index (Phi) is 7.22. The number of hydrogen-bond acceptors (Lipinski definition) is 2. The van der Waals surface area contributed by atoms with Gasteiger partial charge in [0.2, 0.25) is 11.8 Å². The molecule has 0 radical (unpaired) electrons. The number of nitrogens with one attached hydrogen (secondary N) is 3. The van der Waals surface area contributed by atoms with Crippen molar-refractivity contribution in [3.05, 3.63) is 48.5 Å². The fraction of sp³-hybridized carbons (Fsp3) is 0.579. The van der Waals surface area contributed by atoms with Crippen molar-refractivity contribution in [2.45, 2.75) is 91.9 Å². The van der Waals surface area contributed by atoms with Crippen LogP contribution in [0.2, 0.25) is 0 Å². The van der Waals surface area contributed by atoms with Crippen molar-refractivity contribution in [2.75, 3.05) is 10.6 Å². The second-order valence-corrected chi connectivity index (χ2v) is 15.9. The summed E-state index contributed by atoms with van der Waals surface area (Å²) in [5.74, 6) is 4.32. The minimum Gasteiger partial charge on any atom is -0.355 e. The Morgan fingerprint density at radius 2 is 1.35 bits per heavy atom. The first-order chi connectivity index (χ1) is 20.6. The van der Waals surface area contributed by atoms with Crippen LogP contribution in [0.5, 0.6) is 0 Å². The molecule has 4 bridgehead atoms. The van der Waals surface area contributed by atoms with Crippen LogP contribution in [0.15, 0.2) is 48.5 Å². The predicted molar refractivity (Wildman–Crippen MR) is 176 cm³/mol. The lowest BCUT2D eigenvalue weighted by Gasteiger charge is -2.55. The highest BCUT2D eigenvalue weighted by atomic mass is 16.2. The molecule has 228 valence electrons. The number of carbonyl (C=O) groups excluding carboxylic acids is 2. The first-order valence-corrected chi connectivity index (χ1v) is 16.9. The smallest absolute Gasteiger partial charge is 0.230 e. The number of rotatable bonds is 7. The predicted octanol–water partition coefficient (Wildman–Crippen LogP) is 9.42. The molecule has 2 atom stereocenters. The molecule has 8 rings (SSSR count). The molecule has 1 aromatic heterocycles. The van der Waals surface area contributed by atoms with Crippen molar-refractivity contribution in [3.63, 3.8) is 0 Å². The van der Waals surface area contributed by atoms with Crippen molar-refractivity contribution < 1.29 is 9.59 Å². The number of anilines is 2. The van der Waals surface area contributed by atoms with Crippen LogP contribution in [0.25, 0.3) is 22.2 Å². The van der Waals surface area contributed by atoms with E-state index < -0.39 is 0 Å². The van der Waals surface area contributed by atoms with E-state index in [2.05, 4.69) is 73.6 Å². The summed E-state index contributed by atoms with van der Waals surface area (Å²) in [6.07, 6.45) is 11.4. The minimum atomic E-state index is -0.295. The van der Waals surface area contributed by atoms with Gasteiger partial charge < -0.3 is 15.6 Å². The molecule has 5 aliphatic carbocycles.